The highest BCUT2D eigenvalue weighted by Gasteiger charge is 2.30. The molecule has 1 aromatic carbocycles. The second kappa shape index (κ2) is 3.03. The Morgan fingerprint density at radius 1 is 1.43 bits per heavy atom. The molecule has 2 N–H and O–H groups in total. The Kier molecular flexibility index (Phi) is 2.08. The summed E-state index contributed by atoms with van der Waals surface area (Å²) in [6, 6.07) is 4.15. The van der Waals surface area contributed by atoms with Crippen molar-refractivity contribution in [3.63, 3.8) is 0 Å². The molecule has 3 nitrogen and oxygen atoms in total. The van der Waals surface area contributed by atoms with Gasteiger partial charge in [0.25, 0.3) is 0 Å². The molecular formula is C9H10FNO2S. The first-order valence-electron chi connectivity index (χ1n) is 4.28. The van der Waals surface area contributed by atoms with E-state index in [1.165, 1.54) is 18.2 Å². The Labute approximate surface area is 81.8 Å². The molecule has 0 aromatic heterocycles. The maximum atomic E-state index is 12.8. The highest BCUT2D eigenvalue weighted by molar-refractivity contribution is 7.89. The third-order valence-electron chi connectivity index (χ3n) is 2.52. The topological polar surface area (TPSA) is 60.2 Å². The number of aryl methyl sites for hydroxylation is 1. The molecule has 76 valence electrons. The summed E-state index contributed by atoms with van der Waals surface area (Å²) in [7, 11) is -3.55. The summed E-state index contributed by atoms with van der Waals surface area (Å²) in [5.74, 6) is -0.334. The molecule has 2 rings (SSSR count). The zero-order valence-corrected chi connectivity index (χ0v) is 8.22. The second-order valence-electron chi connectivity index (χ2n) is 3.46. The fraction of sp³-hybridized carbons (Fsp3) is 0.333. The Balaban J connectivity index is 2.51. The summed E-state index contributed by atoms with van der Waals surface area (Å²) in [5.41, 5.74) is 1.40. The predicted molar refractivity (Wildman–Crippen MR) is 50.6 cm³/mol. The van der Waals surface area contributed by atoms with Crippen molar-refractivity contribution in [2.24, 2.45) is 5.14 Å². The minimum Gasteiger partial charge on any atom is -0.228 e. The van der Waals surface area contributed by atoms with Gasteiger partial charge in [-0.15, -0.1) is 0 Å². The number of rotatable bonds is 1. The lowest BCUT2D eigenvalue weighted by molar-refractivity contribution is 0.582. The van der Waals surface area contributed by atoms with Crippen LogP contribution >= 0.6 is 0 Å². The Hall–Kier alpha value is -0.940. The zero-order chi connectivity index (χ0) is 10.3. The van der Waals surface area contributed by atoms with E-state index in [0.717, 1.165) is 5.56 Å². The molecule has 1 unspecified atom stereocenters. The van der Waals surface area contributed by atoms with Crippen molar-refractivity contribution in [1.29, 1.82) is 0 Å². The van der Waals surface area contributed by atoms with Crippen LogP contribution in [0.3, 0.4) is 0 Å². The van der Waals surface area contributed by atoms with Crippen LogP contribution in [0.25, 0.3) is 0 Å². The molecule has 0 bridgehead atoms. The van der Waals surface area contributed by atoms with Crippen LogP contribution in [0.5, 0.6) is 0 Å². The summed E-state index contributed by atoms with van der Waals surface area (Å²) >= 11 is 0. The van der Waals surface area contributed by atoms with Gasteiger partial charge in [-0.3, -0.25) is 0 Å². The summed E-state index contributed by atoms with van der Waals surface area (Å²) in [4.78, 5) is 0. The molecule has 0 fully saturated rings. The first kappa shape index (κ1) is 9.61. The van der Waals surface area contributed by atoms with Gasteiger partial charge in [-0.1, -0.05) is 6.07 Å². The van der Waals surface area contributed by atoms with E-state index in [0.29, 0.717) is 18.4 Å². The van der Waals surface area contributed by atoms with Crippen molar-refractivity contribution in [3.05, 3.63) is 35.1 Å². The van der Waals surface area contributed by atoms with E-state index in [4.69, 9.17) is 5.14 Å². The SMILES string of the molecule is NS(=O)(=O)C1CCc2cc(F)ccc21. The van der Waals surface area contributed by atoms with E-state index in [1.54, 1.807) is 0 Å². The lowest BCUT2D eigenvalue weighted by atomic mass is 10.1. The van der Waals surface area contributed by atoms with E-state index in [2.05, 4.69) is 0 Å². The smallest absolute Gasteiger partial charge is 0.216 e. The number of nitrogens with two attached hydrogens (primary N) is 1. The van der Waals surface area contributed by atoms with Crippen molar-refractivity contribution in [2.75, 3.05) is 0 Å². The fourth-order valence-corrected chi connectivity index (χ4v) is 2.92. The van der Waals surface area contributed by atoms with Gasteiger partial charge in [-0.25, -0.2) is 17.9 Å². The Morgan fingerprint density at radius 3 is 2.79 bits per heavy atom. The van der Waals surface area contributed by atoms with E-state index < -0.39 is 15.3 Å². The third-order valence-corrected chi connectivity index (χ3v) is 3.81. The van der Waals surface area contributed by atoms with Crippen LogP contribution < -0.4 is 5.14 Å². The van der Waals surface area contributed by atoms with E-state index >= 15 is 0 Å². The number of benzene rings is 1. The first-order chi connectivity index (χ1) is 6.48. The van der Waals surface area contributed by atoms with E-state index in [9.17, 15) is 12.8 Å². The van der Waals surface area contributed by atoms with Gasteiger partial charge < -0.3 is 0 Å². The molecule has 0 heterocycles. The van der Waals surface area contributed by atoms with Crippen molar-refractivity contribution < 1.29 is 12.8 Å². The number of sulfonamides is 1. The van der Waals surface area contributed by atoms with Gasteiger partial charge in [0.2, 0.25) is 10.0 Å². The van der Waals surface area contributed by atoms with Gasteiger partial charge in [-0.05, 0) is 36.1 Å². The molecule has 0 aliphatic heterocycles. The van der Waals surface area contributed by atoms with Crippen LogP contribution in [0.2, 0.25) is 0 Å². The molecular weight excluding hydrogens is 205 g/mol. The highest BCUT2D eigenvalue weighted by Crippen LogP contribution is 2.35. The zero-order valence-electron chi connectivity index (χ0n) is 7.40. The Bertz CT molecular complexity index is 470. The summed E-state index contributed by atoms with van der Waals surface area (Å²) < 4.78 is 35.1. The molecule has 1 aliphatic carbocycles. The minimum atomic E-state index is -3.55. The maximum absolute atomic E-state index is 12.8. The molecule has 0 radical (unpaired) electrons. The van der Waals surface area contributed by atoms with Crippen LogP contribution in [0.4, 0.5) is 4.39 Å². The van der Waals surface area contributed by atoms with Gasteiger partial charge in [0.05, 0.1) is 0 Å². The van der Waals surface area contributed by atoms with Crippen LogP contribution in [0.15, 0.2) is 18.2 Å². The molecule has 0 saturated carbocycles. The molecule has 1 atom stereocenters. The Morgan fingerprint density at radius 2 is 2.14 bits per heavy atom. The number of primary sulfonamides is 1. The quantitative estimate of drug-likeness (QED) is 0.762. The normalized spacial score (nSPS) is 20.9. The molecule has 0 amide bonds. The number of halogens is 1. The van der Waals surface area contributed by atoms with Gasteiger partial charge >= 0.3 is 0 Å². The van der Waals surface area contributed by atoms with Gasteiger partial charge in [0.15, 0.2) is 0 Å². The van der Waals surface area contributed by atoms with Gasteiger partial charge in [0.1, 0.15) is 11.1 Å². The second-order valence-corrected chi connectivity index (χ2v) is 5.21. The van der Waals surface area contributed by atoms with Crippen LogP contribution in [-0.2, 0) is 16.4 Å². The largest absolute Gasteiger partial charge is 0.228 e. The number of hydrogen-bond acceptors (Lipinski definition) is 2. The number of fused-ring (bicyclic) bond motifs is 1. The fourth-order valence-electron chi connectivity index (χ4n) is 1.89. The van der Waals surface area contributed by atoms with Gasteiger partial charge in [0, 0.05) is 0 Å². The molecule has 0 spiro atoms. The summed E-state index contributed by atoms with van der Waals surface area (Å²) in [5, 5.41) is 4.42. The van der Waals surface area contributed by atoms with Crippen LogP contribution in [0, 0.1) is 5.82 Å². The summed E-state index contributed by atoms with van der Waals surface area (Å²) in [6.07, 6.45) is 1.03. The molecule has 5 heteroatoms. The third kappa shape index (κ3) is 1.53. The van der Waals surface area contributed by atoms with Crippen molar-refractivity contribution in [2.45, 2.75) is 18.1 Å². The average molecular weight is 215 g/mol. The molecule has 0 saturated heterocycles. The molecule has 14 heavy (non-hydrogen) atoms. The average Bonchev–Trinajstić information content (AvgIpc) is 2.45. The van der Waals surface area contributed by atoms with E-state index in [-0.39, 0.29) is 5.82 Å². The molecule has 1 aliphatic rings. The predicted octanol–water partition coefficient (Wildman–Crippen LogP) is 1.10. The van der Waals surface area contributed by atoms with Gasteiger partial charge in [-0.2, -0.15) is 0 Å². The minimum absolute atomic E-state index is 0.334. The molecule has 1 aromatic rings. The highest BCUT2D eigenvalue weighted by atomic mass is 32.2. The van der Waals surface area contributed by atoms with E-state index in [1.807, 2.05) is 0 Å². The van der Waals surface area contributed by atoms with Crippen LogP contribution in [-0.4, -0.2) is 8.42 Å². The lowest BCUT2D eigenvalue weighted by Crippen LogP contribution is -2.19. The van der Waals surface area contributed by atoms with Crippen molar-refractivity contribution in [1.82, 2.24) is 0 Å². The summed E-state index contributed by atoms with van der Waals surface area (Å²) in [6.45, 7) is 0. The number of hydrogen-bond donors (Lipinski definition) is 1. The standard InChI is InChI=1S/C9H10FNO2S/c10-7-2-3-8-6(5-7)1-4-9(8)14(11,12)13/h2-3,5,9H,1,4H2,(H2,11,12,13). The monoisotopic (exact) mass is 215 g/mol. The van der Waals surface area contributed by atoms with Crippen molar-refractivity contribution >= 4 is 10.0 Å². The lowest BCUT2D eigenvalue weighted by Gasteiger charge is -2.07. The van der Waals surface area contributed by atoms with Crippen molar-refractivity contribution in [3.8, 4) is 0 Å². The maximum Gasteiger partial charge on any atom is 0.216 e. The van der Waals surface area contributed by atoms with Crippen LogP contribution in [0.1, 0.15) is 22.8 Å². The first-order valence-corrected chi connectivity index (χ1v) is 5.89.